The van der Waals surface area contributed by atoms with Crippen LogP contribution in [0.25, 0.3) is 0 Å². The molecule has 1 aromatic heterocycles. The zero-order valence-electron chi connectivity index (χ0n) is 14.7. The summed E-state index contributed by atoms with van der Waals surface area (Å²) in [7, 11) is 0. The molecule has 1 saturated carbocycles. The molecular weight excluding hydrogens is 288 g/mol. The summed E-state index contributed by atoms with van der Waals surface area (Å²) in [4.78, 5) is 9.35. The van der Waals surface area contributed by atoms with E-state index in [0.717, 1.165) is 50.1 Å². The average molecular weight is 318 g/mol. The van der Waals surface area contributed by atoms with Gasteiger partial charge in [-0.1, -0.05) is 19.8 Å². The maximum absolute atomic E-state index is 4.87. The number of hydrogen-bond acceptors (Lipinski definition) is 3. The molecule has 23 heavy (non-hydrogen) atoms. The van der Waals surface area contributed by atoms with Crippen LogP contribution in [0.15, 0.2) is 4.99 Å². The lowest BCUT2D eigenvalue weighted by Crippen LogP contribution is -2.47. The monoisotopic (exact) mass is 318 g/mol. The van der Waals surface area contributed by atoms with Crippen LogP contribution in [-0.2, 0) is 13.0 Å². The highest BCUT2D eigenvalue weighted by atomic mass is 15.4. The summed E-state index contributed by atoms with van der Waals surface area (Å²) >= 11 is 0. The number of nitrogens with one attached hydrogen (secondary N) is 2. The van der Waals surface area contributed by atoms with E-state index in [-0.39, 0.29) is 0 Å². The molecule has 1 aliphatic heterocycles. The quantitative estimate of drug-likeness (QED) is 0.658. The summed E-state index contributed by atoms with van der Waals surface area (Å²) in [5.41, 5.74) is 0.394. The highest BCUT2D eigenvalue weighted by Gasteiger charge is 2.28. The first kappa shape index (κ1) is 16.3. The number of hydrogen-bond donors (Lipinski definition) is 2. The first-order valence-corrected chi connectivity index (χ1v) is 9.03. The van der Waals surface area contributed by atoms with E-state index in [1.54, 1.807) is 0 Å². The Bertz CT molecular complexity index is 555. The van der Waals surface area contributed by atoms with Gasteiger partial charge in [-0.05, 0) is 38.5 Å². The Morgan fingerprint density at radius 2 is 2.17 bits per heavy atom. The van der Waals surface area contributed by atoms with Gasteiger partial charge in [0.1, 0.15) is 11.6 Å². The van der Waals surface area contributed by atoms with Gasteiger partial charge in [-0.2, -0.15) is 5.10 Å². The molecule has 0 spiro atoms. The summed E-state index contributed by atoms with van der Waals surface area (Å²) in [5, 5.41) is 11.5. The predicted octanol–water partition coefficient (Wildman–Crippen LogP) is 2.04. The Kier molecular flexibility index (Phi) is 4.87. The number of aliphatic imine (C=N–C) groups is 1. The van der Waals surface area contributed by atoms with Crippen molar-refractivity contribution in [3.63, 3.8) is 0 Å². The van der Waals surface area contributed by atoms with Crippen LogP contribution in [0.3, 0.4) is 0 Å². The van der Waals surface area contributed by atoms with Crippen molar-refractivity contribution in [2.24, 2.45) is 10.4 Å². The fourth-order valence-electron chi connectivity index (χ4n) is 3.72. The summed E-state index contributed by atoms with van der Waals surface area (Å²) in [5.74, 6) is 2.93. The van der Waals surface area contributed by atoms with Gasteiger partial charge in [0.05, 0.1) is 6.54 Å². The highest BCUT2D eigenvalue weighted by Crippen LogP contribution is 2.37. The van der Waals surface area contributed by atoms with Gasteiger partial charge in [0.25, 0.3) is 0 Å². The minimum atomic E-state index is 0.373. The smallest absolute Gasteiger partial charge is 0.191 e. The number of nitrogens with zero attached hydrogens (tertiary/aromatic N) is 4. The Balaban J connectivity index is 1.61. The van der Waals surface area contributed by atoms with Crippen molar-refractivity contribution in [3.8, 4) is 0 Å². The van der Waals surface area contributed by atoms with E-state index in [1.807, 2.05) is 11.6 Å². The number of fused-ring (bicyclic) bond motifs is 1. The van der Waals surface area contributed by atoms with Crippen LogP contribution in [0, 0.1) is 12.3 Å². The van der Waals surface area contributed by atoms with E-state index < -0.39 is 0 Å². The number of guanidine groups is 1. The van der Waals surface area contributed by atoms with Crippen molar-refractivity contribution >= 4 is 5.96 Å². The third-order valence-corrected chi connectivity index (χ3v) is 5.08. The van der Waals surface area contributed by atoms with Crippen LogP contribution >= 0.6 is 0 Å². The molecule has 1 unspecified atom stereocenters. The standard InChI is InChI=1S/C17H30N6/c1-4-18-16(19-12-17(3)9-5-6-10-17)21-14-7-8-15-20-13(2)22-23(15)11-14/h14H,4-12H2,1-3H3,(H2,18,19,21). The molecule has 6 heteroatoms. The second-order valence-corrected chi connectivity index (χ2v) is 7.35. The Morgan fingerprint density at radius 1 is 1.39 bits per heavy atom. The lowest BCUT2D eigenvalue weighted by atomic mass is 9.89. The molecule has 0 aromatic carbocycles. The molecule has 0 amide bonds. The van der Waals surface area contributed by atoms with Crippen LogP contribution < -0.4 is 10.6 Å². The number of rotatable bonds is 4. The minimum Gasteiger partial charge on any atom is -0.357 e. The molecule has 2 aliphatic rings. The van der Waals surface area contributed by atoms with Crippen molar-refractivity contribution in [1.29, 1.82) is 0 Å². The molecule has 2 heterocycles. The minimum absolute atomic E-state index is 0.373. The van der Waals surface area contributed by atoms with Gasteiger partial charge in [-0.15, -0.1) is 0 Å². The normalized spacial score (nSPS) is 23.6. The topological polar surface area (TPSA) is 67.1 Å². The molecule has 1 atom stereocenters. The Hall–Kier alpha value is -1.59. The Labute approximate surface area is 139 Å². The van der Waals surface area contributed by atoms with E-state index in [0.29, 0.717) is 11.5 Å². The van der Waals surface area contributed by atoms with Gasteiger partial charge in [0.2, 0.25) is 0 Å². The van der Waals surface area contributed by atoms with Crippen molar-refractivity contribution in [1.82, 2.24) is 25.4 Å². The van der Waals surface area contributed by atoms with Crippen molar-refractivity contribution in [3.05, 3.63) is 11.6 Å². The van der Waals surface area contributed by atoms with Crippen LogP contribution in [0.1, 0.15) is 57.6 Å². The first-order chi connectivity index (χ1) is 11.1. The fourth-order valence-corrected chi connectivity index (χ4v) is 3.72. The molecular formula is C17H30N6. The fraction of sp³-hybridized carbons (Fsp3) is 0.824. The van der Waals surface area contributed by atoms with E-state index in [9.17, 15) is 0 Å². The average Bonchev–Trinajstić information content (AvgIpc) is 3.10. The SMILES string of the molecule is CCNC(=NCC1(C)CCCC1)NC1CCc2nc(C)nn2C1. The molecule has 1 fully saturated rings. The largest absolute Gasteiger partial charge is 0.357 e. The number of aryl methyl sites for hydroxylation is 2. The molecule has 6 nitrogen and oxygen atoms in total. The maximum Gasteiger partial charge on any atom is 0.191 e. The van der Waals surface area contributed by atoms with Gasteiger partial charge in [0.15, 0.2) is 5.96 Å². The lowest BCUT2D eigenvalue weighted by molar-refractivity contribution is 0.348. The molecule has 0 bridgehead atoms. The van der Waals surface area contributed by atoms with Gasteiger partial charge in [-0.25, -0.2) is 9.67 Å². The van der Waals surface area contributed by atoms with E-state index in [2.05, 4.69) is 34.6 Å². The molecule has 1 aliphatic carbocycles. The van der Waals surface area contributed by atoms with Crippen LogP contribution in [-0.4, -0.2) is 39.9 Å². The van der Waals surface area contributed by atoms with Gasteiger partial charge < -0.3 is 10.6 Å². The third kappa shape index (κ3) is 4.03. The molecule has 0 radical (unpaired) electrons. The van der Waals surface area contributed by atoms with E-state index in [4.69, 9.17) is 4.99 Å². The second-order valence-electron chi connectivity index (χ2n) is 7.35. The van der Waals surface area contributed by atoms with Crippen molar-refractivity contribution < 1.29 is 0 Å². The second kappa shape index (κ2) is 6.89. The predicted molar refractivity (Wildman–Crippen MR) is 92.6 cm³/mol. The van der Waals surface area contributed by atoms with Crippen molar-refractivity contribution in [2.45, 2.75) is 71.9 Å². The number of aromatic nitrogens is 3. The van der Waals surface area contributed by atoms with Gasteiger partial charge in [-0.3, -0.25) is 4.99 Å². The Morgan fingerprint density at radius 3 is 2.91 bits per heavy atom. The summed E-state index contributed by atoms with van der Waals surface area (Å²) in [6.45, 7) is 9.14. The molecule has 1 aromatic rings. The third-order valence-electron chi connectivity index (χ3n) is 5.08. The van der Waals surface area contributed by atoms with Gasteiger partial charge >= 0.3 is 0 Å². The zero-order valence-corrected chi connectivity index (χ0v) is 14.7. The molecule has 0 saturated heterocycles. The summed E-state index contributed by atoms with van der Waals surface area (Å²) in [6.07, 6.45) is 7.39. The summed E-state index contributed by atoms with van der Waals surface area (Å²) < 4.78 is 2.04. The van der Waals surface area contributed by atoms with Crippen LogP contribution in [0.5, 0.6) is 0 Å². The van der Waals surface area contributed by atoms with E-state index >= 15 is 0 Å². The lowest BCUT2D eigenvalue weighted by Gasteiger charge is -2.26. The zero-order chi connectivity index (χ0) is 16.3. The maximum atomic E-state index is 4.87. The van der Waals surface area contributed by atoms with Gasteiger partial charge in [0, 0.05) is 25.6 Å². The van der Waals surface area contributed by atoms with Crippen molar-refractivity contribution in [2.75, 3.05) is 13.1 Å². The highest BCUT2D eigenvalue weighted by molar-refractivity contribution is 5.80. The summed E-state index contributed by atoms with van der Waals surface area (Å²) in [6, 6.07) is 0.373. The first-order valence-electron chi connectivity index (χ1n) is 9.03. The van der Waals surface area contributed by atoms with Crippen LogP contribution in [0.4, 0.5) is 0 Å². The molecule has 3 rings (SSSR count). The van der Waals surface area contributed by atoms with Crippen LogP contribution in [0.2, 0.25) is 0 Å². The van der Waals surface area contributed by atoms with E-state index in [1.165, 1.54) is 25.7 Å². The molecule has 2 N–H and O–H groups in total. The molecule has 128 valence electrons.